The van der Waals surface area contributed by atoms with Gasteiger partial charge in [-0.25, -0.2) is 0 Å². The fraction of sp³-hybridized carbons (Fsp3) is 0.455. The Morgan fingerprint density at radius 3 is 2.71 bits per heavy atom. The first-order valence-electron chi connectivity index (χ1n) is 4.66. The normalized spacial score (nSPS) is 10.3. The van der Waals surface area contributed by atoms with E-state index in [0.717, 1.165) is 23.2 Å². The van der Waals surface area contributed by atoms with Crippen LogP contribution in [0.1, 0.15) is 11.1 Å². The summed E-state index contributed by atoms with van der Waals surface area (Å²) in [7, 11) is 3.66. The standard InChI is InChI=1S/C11H16BrNO/c1-8-9(4-5-13-2)6-10(14-3)7-11(8)12/h6-7,13H,4-5H2,1-3H3. The number of ether oxygens (including phenoxy) is 1. The van der Waals surface area contributed by atoms with Crippen molar-refractivity contribution in [1.82, 2.24) is 5.32 Å². The highest BCUT2D eigenvalue weighted by molar-refractivity contribution is 9.10. The summed E-state index contributed by atoms with van der Waals surface area (Å²) in [6, 6.07) is 4.09. The van der Waals surface area contributed by atoms with Crippen molar-refractivity contribution in [2.24, 2.45) is 0 Å². The fourth-order valence-corrected chi connectivity index (χ4v) is 1.83. The zero-order valence-corrected chi connectivity index (χ0v) is 10.4. The Morgan fingerprint density at radius 1 is 1.43 bits per heavy atom. The van der Waals surface area contributed by atoms with Crippen molar-refractivity contribution in [3.63, 3.8) is 0 Å². The lowest BCUT2D eigenvalue weighted by Crippen LogP contribution is -2.11. The second-order valence-electron chi connectivity index (χ2n) is 3.25. The molecule has 0 aromatic heterocycles. The lowest BCUT2D eigenvalue weighted by Gasteiger charge is -2.10. The molecule has 0 amide bonds. The van der Waals surface area contributed by atoms with Crippen molar-refractivity contribution in [3.05, 3.63) is 27.7 Å². The van der Waals surface area contributed by atoms with E-state index in [0.29, 0.717) is 0 Å². The quantitative estimate of drug-likeness (QED) is 0.896. The van der Waals surface area contributed by atoms with Gasteiger partial charge in [0, 0.05) is 4.47 Å². The summed E-state index contributed by atoms with van der Waals surface area (Å²) in [5.74, 6) is 0.911. The van der Waals surface area contributed by atoms with Crippen molar-refractivity contribution >= 4 is 15.9 Å². The van der Waals surface area contributed by atoms with Crippen molar-refractivity contribution in [3.8, 4) is 5.75 Å². The molecule has 0 saturated heterocycles. The minimum absolute atomic E-state index is 0.911. The van der Waals surface area contributed by atoms with Gasteiger partial charge in [-0.2, -0.15) is 0 Å². The van der Waals surface area contributed by atoms with Gasteiger partial charge in [0.1, 0.15) is 5.75 Å². The van der Waals surface area contributed by atoms with Gasteiger partial charge in [0.25, 0.3) is 0 Å². The van der Waals surface area contributed by atoms with Crippen molar-refractivity contribution in [2.75, 3.05) is 20.7 Å². The molecule has 0 unspecified atom stereocenters. The summed E-state index contributed by atoms with van der Waals surface area (Å²) in [4.78, 5) is 0. The Labute approximate surface area is 93.8 Å². The zero-order chi connectivity index (χ0) is 10.6. The van der Waals surface area contributed by atoms with Crippen molar-refractivity contribution < 1.29 is 4.74 Å². The average Bonchev–Trinajstić information content (AvgIpc) is 2.20. The summed E-state index contributed by atoms with van der Waals surface area (Å²) in [5, 5.41) is 3.14. The van der Waals surface area contributed by atoms with E-state index < -0.39 is 0 Å². The third kappa shape index (κ3) is 2.72. The van der Waals surface area contributed by atoms with Gasteiger partial charge in [-0.15, -0.1) is 0 Å². The van der Waals surface area contributed by atoms with Crippen molar-refractivity contribution in [2.45, 2.75) is 13.3 Å². The molecule has 0 fully saturated rings. The number of halogens is 1. The highest BCUT2D eigenvalue weighted by Crippen LogP contribution is 2.26. The van der Waals surface area contributed by atoms with Crippen LogP contribution in [-0.2, 0) is 6.42 Å². The highest BCUT2D eigenvalue weighted by atomic mass is 79.9. The van der Waals surface area contributed by atoms with Gasteiger partial charge < -0.3 is 10.1 Å². The van der Waals surface area contributed by atoms with Crippen LogP contribution >= 0.6 is 15.9 Å². The lowest BCUT2D eigenvalue weighted by atomic mass is 10.1. The minimum Gasteiger partial charge on any atom is -0.497 e. The van der Waals surface area contributed by atoms with E-state index in [1.165, 1.54) is 11.1 Å². The third-order valence-electron chi connectivity index (χ3n) is 2.31. The maximum atomic E-state index is 5.22. The summed E-state index contributed by atoms with van der Waals surface area (Å²) < 4.78 is 6.33. The third-order valence-corrected chi connectivity index (χ3v) is 3.13. The van der Waals surface area contributed by atoms with Crippen LogP contribution in [0, 0.1) is 6.92 Å². The van der Waals surface area contributed by atoms with Gasteiger partial charge in [0.05, 0.1) is 7.11 Å². The Morgan fingerprint density at radius 2 is 2.14 bits per heavy atom. The molecule has 78 valence electrons. The number of hydrogen-bond donors (Lipinski definition) is 1. The summed E-state index contributed by atoms with van der Waals surface area (Å²) in [6.45, 7) is 3.11. The molecule has 1 rings (SSSR count). The van der Waals surface area contributed by atoms with E-state index >= 15 is 0 Å². The number of methoxy groups -OCH3 is 1. The first kappa shape index (κ1) is 11.5. The Bertz CT molecular complexity index is 312. The molecule has 0 aliphatic carbocycles. The molecule has 1 N–H and O–H groups in total. The molecule has 0 radical (unpaired) electrons. The van der Waals surface area contributed by atoms with Gasteiger partial charge in [0.15, 0.2) is 0 Å². The minimum atomic E-state index is 0.911. The zero-order valence-electron chi connectivity index (χ0n) is 8.86. The second kappa shape index (κ2) is 5.37. The molecule has 0 bridgehead atoms. The van der Waals surface area contributed by atoms with Gasteiger partial charge in [-0.1, -0.05) is 15.9 Å². The van der Waals surface area contributed by atoms with E-state index in [1.54, 1.807) is 7.11 Å². The summed E-state index contributed by atoms with van der Waals surface area (Å²) in [6.07, 6.45) is 1.03. The molecule has 0 heterocycles. The van der Waals surface area contributed by atoms with Gasteiger partial charge in [-0.05, 0) is 50.2 Å². The Balaban J connectivity index is 2.95. The van der Waals surface area contributed by atoms with Crippen molar-refractivity contribution in [1.29, 1.82) is 0 Å². The van der Waals surface area contributed by atoms with Gasteiger partial charge in [-0.3, -0.25) is 0 Å². The Hall–Kier alpha value is -0.540. The lowest BCUT2D eigenvalue weighted by molar-refractivity contribution is 0.414. The number of hydrogen-bond acceptors (Lipinski definition) is 2. The number of benzene rings is 1. The topological polar surface area (TPSA) is 21.3 Å². The van der Waals surface area contributed by atoms with Gasteiger partial charge in [0.2, 0.25) is 0 Å². The predicted octanol–water partition coefficient (Wildman–Crippen LogP) is 2.53. The van der Waals surface area contributed by atoms with Gasteiger partial charge >= 0.3 is 0 Å². The first-order chi connectivity index (χ1) is 6.69. The molecule has 0 saturated carbocycles. The Kier molecular flexibility index (Phi) is 4.42. The molecule has 1 aromatic rings. The molecule has 3 heteroatoms. The van der Waals surface area contributed by atoms with E-state index in [2.05, 4.69) is 34.2 Å². The van der Waals surface area contributed by atoms with Crippen LogP contribution in [0.5, 0.6) is 5.75 Å². The predicted molar refractivity (Wildman–Crippen MR) is 63.1 cm³/mol. The molecule has 2 nitrogen and oxygen atoms in total. The molecule has 0 spiro atoms. The van der Waals surface area contributed by atoms with Crippen LogP contribution in [0.2, 0.25) is 0 Å². The molecule has 0 aliphatic rings. The fourth-order valence-electron chi connectivity index (χ4n) is 1.35. The monoisotopic (exact) mass is 257 g/mol. The average molecular weight is 258 g/mol. The van der Waals surface area contributed by atoms with E-state index in [4.69, 9.17) is 4.74 Å². The molecule has 1 aromatic carbocycles. The number of rotatable bonds is 4. The highest BCUT2D eigenvalue weighted by Gasteiger charge is 2.05. The van der Waals surface area contributed by atoms with Crippen LogP contribution in [0.25, 0.3) is 0 Å². The van der Waals surface area contributed by atoms with Crippen LogP contribution in [0.3, 0.4) is 0 Å². The van der Waals surface area contributed by atoms with Crippen LogP contribution < -0.4 is 10.1 Å². The second-order valence-corrected chi connectivity index (χ2v) is 4.10. The van der Waals surface area contributed by atoms with Crippen LogP contribution in [-0.4, -0.2) is 20.7 Å². The SMILES string of the molecule is CNCCc1cc(OC)cc(Br)c1C. The molecule has 14 heavy (non-hydrogen) atoms. The number of likely N-dealkylation sites (N-methyl/N-ethyl adjacent to an activating group) is 1. The largest absolute Gasteiger partial charge is 0.497 e. The molecule has 0 aliphatic heterocycles. The molecular formula is C11H16BrNO. The first-order valence-corrected chi connectivity index (χ1v) is 5.46. The smallest absolute Gasteiger partial charge is 0.120 e. The molecule has 0 atom stereocenters. The molecular weight excluding hydrogens is 242 g/mol. The maximum absolute atomic E-state index is 5.22. The van der Waals surface area contributed by atoms with E-state index in [1.807, 2.05) is 13.1 Å². The number of nitrogens with one attached hydrogen (secondary N) is 1. The van der Waals surface area contributed by atoms with Crippen LogP contribution in [0.15, 0.2) is 16.6 Å². The maximum Gasteiger partial charge on any atom is 0.120 e. The summed E-state index contributed by atoms with van der Waals surface area (Å²) in [5.41, 5.74) is 2.62. The van der Waals surface area contributed by atoms with E-state index in [-0.39, 0.29) is 0 Å². The van der Waals surface area contributed by atoms with E-state index in [9.17, 15) is 0 Å². The van der Waals surface area contributed by atoms with Crippen LogP contribution in [0.4, 0.5) is 0 Å². The summed E-state index contributed by atoms with van der Waals surface area (Å²) >= 11 is 3.53.